The van der Waals surface area contributed by atoms with Crippen LogP contribution in [0.25, 0.3) is 5.65 Å². The van der Waals surface area contributed by atoms with Gasteiger partial charge in [-0.25, -0.2) is 14.9 Å². The van der Waals surface area contributed by atoms with E-state index in [-0.39, 0.29) is 30.1 Å². The zero-order valence-corrected chi connectivity index (χ0v) is 14.5. The molecule has 2 heterocycles. The van der Waals surface area contributed by atoms with Gasteiger partial charge in [-0.15, -0.1) is 0 Å². The number of carbonyl (C=O) groups excluding carboxylic acids is 1. The van der Waals surface area contributed by atoms with Crippen molar-refractivity contribution in [3.8, 4) is 0 Å². The average Bonchev–Trinajstić information content (AvgIpc) is 3.08. The van der Waals surface area contributed by atoms with E-state index in [4.69, 9.17) is 21.5 Å². The zero-order valence-electron chi connectivity index (χ0n) is 13.8. The fourth-order valence-electron chi connectivity index (χ4n) is 2.39. The normalized spacial score (nSPS) is 10.9. The van der Waals surface area contributed by atoms with Gasteiger partial charge in [-0.1, -0.05) is 17.7 Å². The summed E-state index contributed by atoms with van der Waals surface area (Å²) in [5.41, 5.74) is 3.51. The third-order valence-electron chi connectivity index (χ3n) is 3.61. The van der Waals surface area contributed by atoms with Crippen LogP contribution in [0.1, 0.15) is 15.9 Å². The molecule has 136 valence electrons. The van der Waals surface area contributed by atoms with Gasteiger partial charge in [0.25, 0.3) is 5.91 Å². The number of pyridine rings is 1. The van der Waals surface area contributed by atoms with Gasteiger partial charge in [0, 0.05) is 18.6 Å². The first-order chi connectivity index (χ1) is 12.5. The highest BCUT2D eigenvalue weighted by Gasteiger charge is 2.21. The average molecular weight is 379 g/mol. The molecule has 0 fully saturated rings. The first-order valence-corrected chi connectivity index (χ1v) is 8.10. The van der Waals surface area contributed by atoms with Gasteiger partial charge < -0.3 is 14.8 Å². The van der Waals surface area contributed by atoms with Crippen LogP contribution in [0.4, 0.5) is 15.8 Å². The molecule has 1 amide bonds. The van der Waals surface area contributed by atoms with E-state index in [9.17, 15) is 9.18 Å². The summed E-state index contributed by atoms with van der Waals surface area (Å²) >= 11 is 6.20. The molecule has 0 aliphatic rings. The summed E-state index contributed by atoms with van der Waals surface area (Å²) in [5, 5.41) is 12.0. The van der Waals surface area contributed by atoms with Crippen molar-refractivity contribution in [2.24, 2.45) is 0 Å². The zero-order chi connectivity index (χ0) is 18.7. The van der Waals surface area contributed by atoms with Crippen molar-refractivity contribution in [3.63, 3.8) is 0 Å². The highest BCUT2D eigenvalue weighted by molar-refractivity contribution is 6.33. The molecule has 1 aromatic carbocycles. The van der Waals surface area contributed by atoms with Crippen molar-refractivity contribution in [1.29, 1.82) is 0 Å². The number of aliphatic hydroxyl groups excluding tert-OH is 1. The molecular formula is C17H16ClFN4O3. The van der Waals surface area contributed by atoms with E-state index in [1.54, 1.807) is 12.1 Å². The van der Waals surface area contributed by atoms with E-state index >= 15 is 0 Å². The van der Waals surface area contributed by atoms with Crippen molar-refractivity contribution in [2.75, 3.05) is 18.5 Å². The number of nitrogens with one attached hydrogen (secondary N) is 2. The van der Waals surface area contributed by atoms with Crippen LogP contribution in [0, 0.1) is 12.7 Å². The van der Waals surface area contributed by atoms with E-state index in [1.165, 1.54) is 23.0 Å². The second-order valence-electron chi connectivity index (χ2n) is 5.50. The van der Waals surface area contributed by atoms with E-state index < -0.39 is 11.7 Å². The van der Waals surface area contributed by atoms with E-state index in [0.29, 0.717) is 10.7 Å². The molecule has 3 rings (SSSR count). The third-order valence-corrected chi connectivity index (χ3v) is 3.92. The molecule has 2 aromatic heterocycles. The number of aryl methyl sites for hydroxylation is 1. The molecule has 0 aliphatic heterocycles. The number of benzene rings is 1. The number of fused-ring (bicyclic) bond motifs is 1. The number of amides is 1. The van der Waals surface area contributed by atoms with Crippen molar-refractivity contribution in [3.05, 3.63) is 58.8 Å². The Balaban J connectivity index is 2.04. The van der Waals surface area contributed by atoms with Crippen LogP contribution in [0.3, 0.4) is 0 Å². The number of hydroxylamine groups is 1. The molecule has 0 radical (unpaired) electrons. The Hall–Kier alpha value is -2.68. The molecule has 0 aliphatic carbocycles. The van der Waals surface area contributed by atoms with Gasteiger partial charge in [0.2, 0.25) is 0 Å². The van der Waals surface area contributed by atoms with Crippen molar-refractivity contribution in [2.45, 2.75) is 6.92 Å². The molecule has 26 heavy (non-hydrogen) atoms. The summed E-state index contributed by atoms with van der Waals surface area (Å²) in [7, 11) is 0. The molecule has 0 saturated heterocycles. The lowest BCUT2D eigenvalue weighted by Gasteiger charge is -2.15. The number of carbonyl (C=O) groups is 1. The van der Waals surface area contributed by atoms with Crippen LogP contribution in [0.15, 0.2) is 36.8 Å². The fourth-order valence-corrected chi connectivity index (χ4v) is 2.67. The lowest BCUT2D eigenvalue weighted by Crippen LogP contribution is -2.26. The molecule has 3 aromatic rings. The smallest absolute Gasteiger partial charge is 0.278 e. The van der Waals surface area contributed by atoms with Crippen molar-refractivity contribution >= 4 is 34.5 Å². The molecular weight excluding hydrogens is 363 g/mol. The number of rotatable bonds is 6. The first kappa shape index (κ1) is 18.1. The van der Waals surface area contributed by atoms with Crippen LogP contribution in [-0.4, -0.2) is 33.6 Å². The standard InChI is InChI=1S/C17H16ClFN4O3/c1-10-2-3-13(12(18)8-10)21-15-11(17(25)22-26-7-6-24)9-23-5-4-20-16(23)14(15)19/h2-5,8-9,21,24H,6-7H2,1H3,(H,22,25). The monoisotopic (exact) mass is 378 g/mol. The van der Waals surface area contributed by atoms with Gasteiger partial charge in [0.05, 0.1) is 35.2 Å². The predicted octanol–water partition coefficient (Wildman–Crippen LogP) is 2.83. The summed E-state index contributed by atoms with van der Waals surface area (Å²) < 4.78 is 16.3. The minimum atomic E-state index is -0.707. The number of anilines is 2. The minimum absolute atomic E-state index is 0.0115. The Kier molecular flexibility index (Phi) is 5.36. The molecule has 0 saturated carbocycles. The minimum Gasteiger partial charge on any atom is -0.394 e. The Morgan fingerprint density at radius 2 is 2.27 bits per heavy atom. The van der Waals surface area contributed by atoms with Crippen molar-refractivity contribution < 1.29 is 19.1 Å². The maximum absolute atomic E-state index is 15.0. The summed E-state index contributed by atoms with van der Waals surface area (Å²) in [4.78, 5) is 21.2. The number of aliphatic hydroxyl groups is 1. The van der Waals surface area contributed by atoms with E-state index in [2.05, 4.69) is 15.8 Å². The second kappa shape index (κ2) is 7.69. The van der Waals surface area contributed by atoms with Crippen LogP contribution in [0.5, 0.6) is 0 Å². The molecule has 9 heteroatoms. The van der Waals surface area contributed by atoms with Gasteiger partial charge in [-0.2, -0.15) is 0 Å². The number of imidazole rings is 1. The molecule has 0 atom stereocenters. The van der Waals surface area contributed by atoms with Gasteiger partial charge in [-0.3, -0.25) is 9.63 Å². The van der Waals surface area contributed by atoms with Gasteiger partial charge in [0.15, 0.2) is 11.5 Å². The third kappa shape index (κ3) is 3.62. The quantitative estimate of drug-likeness (QED) is 0.453. The first-order valence-electron chi connectivity index (χ1n) is 7.72. The van der Waals surface area contributed by atoms with Crippen LogP contribution in [0.2, 0.25) is 5.02 Å². The van der Waals surface area contributed by atoms with E-state index in [1.807, 2.05) is 13.0 Å². The second-order valence-corrected chi connectivity index (χ2v) is 5.91. The summed E-state index contributed by atoms with van der Waals surface area (Å²) in [6, 6.07) is 5.22. The Morgan fingerprint density at radius 1 is 1.46 bits per heavy atom. The van der Waals surface area contributed by atoms with Crippen LogP contribution >= 0.6 is 11.6 Å². The maximum Gasteiger partial charge on any atom is 0.278 e. The number of hydrogen-bond donors (Lipinski definition) is 3. The Labute approximate surface area is 153 Å². The number of nitrogens with zero attached hydrogens (tertiary/aromatic N) is 2. The van der Waals surface area contributed by atoms with Gasteiger partial charge >= 0.3 is 0 Å². The largest absolute Gasteiger partial charge is 0.394 e. The molecule has 0 unspecified atom stereocenters. The molecule has 3 N–H and O–H groups in total. The maximum atomic E-state index is 15.0. The van der Waals surface area contributed by atoms with Crippen LogP contribution in [-0.2, 0) is 4.84 Å². The Bertz CT molecular complexity index is 961. The Morgan fingerprint density at radius 3 is 3.00 bits per heavy atom. The highest BCUT2D eigenvalue weighted by atomic mass is 35.5. The van der Waals surface area contributed by atoms with Gasteiger partial charge in [0.1, 0.15) is 0 Å². The highest BCUT2D eigenvalue weighted by Crippen LogP contribution is 2.31. The number of aromatic nitrogens is 2. The van der Waals surface area contributed by atoms with Crippen molar-refractivity contribution in [1.82, 2.24) is 14.9 Å². The molecule has 0 spiro atoms. The lowest BCUT2D eigenvalue weighted by atomic mass is 10.1. The molecule has 0 bridgehead atoms. The summed E-state index contributed by atoms with van der Waals surface area (Å²) in [6.07, 6.45) is 4.37. The number of hydrogen-bond acceptors (Lipinski definition) is 5. The number of halogens is 2. The SMILES string of the molecule is Cc1ccc(Nc2c(C(=O)NOCCO)cn3ccnc3c2F)c(Cl)c1. The lowest BCUT2D eigenvalue weighted by molar-refractivity contribution is 0.0168. The van der Waals surface area contributed by atoms with Gasteiger partial charge in [-0.05, 0) is 24.6 Å². The predicted molar refractivity (Wildman–Crippen MR) is 95.1 cm³/mol. The summed E-state index contributed by atoms with van der Waals surface area (Å²) in [6.45, 7) is 1.53. The molecule has 7 nitrogen and oxygen atoms in total. The topological polar surface area (TPSA) is 87.9 Å². The van der Waals surface area contributed by atoms with E-state index in [0.717, 1.165) is 5.56 Å². The summed E-state index contributed by atoms with van der Waals surface area (Å²) in [5.74, 6) is -1.39. The van der Waals surface area contributed by atoms with Crippen LogP contribution < -0.4 is 10.8 Å². The fraction of sp³-hybridized carbons (Fsp3) is 0.176.